The van der Waals surface area contributed by atoms with Crippen LogP contribution in [0.2, 0.25) is 0 Å². The van der Waals surface area contributed by atoms with Crippen LogP contribution in [0, 0.1) is 0 Å². The zero-order valence-electron chi connectivity index (χ0n) is 9.57. The Balaban J connectivity index is 2.43. The van der Waals surface area contributed by atoms with Crippen LogP contribution in [-0.4, -0.2) is 19.4 Å². The zero-order chi connectivity index (χ0) is 12.3. The molecule has 17 heavy (non-hydrogen) atoms. The third-order valence-electron chi connectivity index (χ3n) is 2.38. The summed E-state index contributed by atoms with van der Waals surface area (Å²) in [5, 5.41) is 3.94. The number of ether oxygens (including phenoxy) is 2. The lowest BCUT2D eigenvalue weighted by Gasteiger charge is -2.07. The van der Waals surface area contributed by atoms with Crippen LogP contribution in [0.4, 0.5) is 0 Å². The van der Waals surface area contributed by atoms with Gasteiger partial charge in [0.2, 0.25) is 0 Å². The zero-order valence-corrected chi connectivity index (χ0v) is 10.3. The Morgan fingerprint density at radius 1 is 1.24 bits per heavy atom. The third-order valence-corrected chi connectivity index (χ3v) is 2.64. The Hall–Kier alpha value is -1.68. The standard InChI is InChI=1S/C12H12ClNO3/c1-15-8-3-4-10(12(6-8)16-2)11-5-9(7-13)17-14-11/h3-6H,7H2,1-2H3. The van der Waals surface area contributed by atoms with Crippen LogP contribution in [-0.2, 0) is 5.88 Å². The maximum Gasteiger partial charge on any atom is 0.152 e. The average molecular weight is 254 g/mol. The van der Waals surface area contributed by atoms with Gasteiger partial charge in [0.25, 0.3) is 0 Å². The summed E-state index contributed by atoms with van der Waals surface area (Å²) in [6.45, 7) is 0. The van der Waals surface area contributed by atoms with Crippen LogP contribution in [0.15, 0.2) is 28.8 Å². The maximum absolute atomic E-state index is 5.66. The lowest BCUT2D eigenvalue weighted by atomic mass is 10.1. The molecule has 0 saturated heterocycles. The van der Waals surface area contributed by atoms with Gasteiger partial charge >= 0.3 is 0 Å². The monoisotopic (exact) mass is 253 g/mol. The van der Waals surface area contributed by atoms with Gasteiger partial charge in [0.05, 0.1) is 20.1 Å². The molecular weight excluding hydrogens is 242 g/mol. The van der Waals surface area contributed by atoms with Crippen molar-refractivity contribution in [3.63, 3.8) is 0 Å². The van der Waals surface area contributed by atoms with Crippen molar-refractivity contribution >= 4 is 11.6 Å². The van der Waals surface area contributed by atoms with Crippen LogP contribution in [0.5, 0.6) is 11.5 Å². The molecule has 0 aliphatic rings. The normalized spacial score (nSPS) is 10.3. The molecule has 1 aromatic carbocycles. The highest BCUT2D eigenvalue weighted by molar-refractivity contribution is 6.16. The van der Waals surface area contributed by atoms with E-state index in [0.717, 1.165) is 11.3 Å². The van der Waals surface area contributed by atoms with Crippen LogP contribution in [0.1, 0.15) is 5.76 Å². The van der Waals surface area contributed by atoms with E-state index in [-0.39, 0.29) is 0 Å². The van der Waals surface area contributed by atoms with E-state index in [0.29, 0.717) is 23.1 Å². The molecule has 0 bridgehead atoms. The quantitative estimate of drug-likeness (QED) is 0.786. The van der Waals surface area contributed by atoms with Crippen LogP contribution < -0.4 is 9.47 Å². The number of aromatic nitrogens is 1. The molecule has 0 amide bonds. The van der Waals surface area contributed by atoms with E-state index in [2.05, 4.69) is 5.16 Å². The molecule has 1 aromatic heterocycles. The summed E-state index contributed by atoms with van der Waals surface area (Å²) in [6, 6.07) is 7.29. The van der Waals surface area contributed by atoms with Gasteiger partial charge in [0.1, 0.15) is 17.2 Å². The van der Waals surface area contributed by atoms with Crippen molar-refractivity contribution in [1.29, 1.82) is 0 Å². The maximum atomic E-state index is 5.66. The Morgan fingerprint density at radius 2 is 2.06 bits per heavy atom. The van der Waals surface area contributed by atoms with E-state index in [1.807, 2.05) is 12.1 Å². The molecule has 90 valence electrons. The average Bonchev–Trinajstić information content (AvgIpc) is 2.86. The number of hydrogen-bond acceptors (Lipinski definition) is 4. The van der Waals surface area contributed by atoms with Crippen molar-refractivity contribution in [1.82, 2.24) is 5.16 Å². The molecule has 5 heteroatoms. The van der Waals surface area contributed by atoms with Gasteiger partial charge in [-0.1, -0.05) is 5.16 Å². The van der Waals surface area contributed by atoms with Gasteiger partial charge in [0, 0.05) is 17.7 Å². The molecule has 0 atom stereocenters. The largest absolute Gasteiger partial charge is 0.497 e. The van der Waals surface area contributed by atoms with Crippen molar-refractivity contribution in [2.75, 3.05) is 14.2 Å². The lowest BCUT2D eigenvalue weighted by molar-refractivity contribution is 0.390. The minimum Gasteiger partial charge on any atom is -0.497 e. The number of methoxy groups -OCH3 is 2. The SMILES string of the molecule is COc1ccc(-c2cc(CCl)on2)c(OC)c1. The molecule has 0 N–H and O–H groups in total. The molecule has 0 aliphatic carbocycles. The second-order valence-electron chi connectivity index (χ2n) is 3.38. The van der Waals surface area contributed by atoms with Crippen molar-refractivity contribution < 1.29 is 14.0 Å². The van der Waals surface area contributed by atoms with Gasteiger partial charge in [-0.15, -0.1) is 11.6 Å². The number of halogens is 1. The summed E-state index contributed by atoms with van der Waals surface area (Å²) < 4.78 is 15.5. The fourth-order valence-electron chi connectivity index (χ4n) is 1.51. The highest BCUT2D eigenvalue weighted by Crippen LogP contribution is 2.32. The first-order valence-corrected chi connectivity index (χ1v) is 5.56. The molecule has 0 spiro atoms. The van der Waals surface area contributed by atoms with Crippen molar-refractivity contribution in [2.45, 2.75) is 5.88 Å². The first-order valence-electron chi connectivity index (χ1n) is 5.02. The first-order chi connectivity index (χ1) is 8.28. The predicted molar refractivity (Wildman–Crippen MR) is 64.6 cm³/mol. The second-order valence-corrected chi connectivity index (χ2v) is 3.65. The van der Waals surface area contributed by atoms with E-state index < -0.39 is 0 Å². The predicted octanol–water partition coefficient (Wildman–Crippen LogP) is 3.10. The second kappa shape index (κ2) is 5.10. The van der Waals surface area contributed by atoms with E-state index >= 15 is 0 Å². The van der Waals surface area contributed by atoms with Gasteiger partial charge in [-0.25, -0.2) is 0 Å². The minimum atomic E-state index is 0.297. The van der Waals surface area contributed by atoms with Gasteiger partial charge in [0.15, 0.2) is 5.76 Å². The van der Waals surface area contributed by atoms with E-state index in [1.165, 1.54) is 0 Å². The Morgan fingerprint density at radius 3 is 2.65 bits per heavy atom. The van der Waals surface area contributed by atoms with Crippen LogP contribution in [0.3, 0.4) is 0 Å². The summed E-state index contributed by atoms with van der Waals surface area (Å²) in [5.41, 5.74) is 1.54. The molecule has 0 aliphatic heterocycles. The summed E-state index contributed by atoms with van der Waals surface area (Å²) in [4.78, 5) is 0. The third kappa shape index (κ3) is 2.36. The van der Waals surface area contributed by atoms with Crippen LogP contribution in [0.25, 0.3) is 11.3 Å². The summed E-state index contributed by atoms with van der Waals surface area (Å²) in [5.74, 6) is 2.33. The molecule has 0 saturated carbocycles. The number of benzene rings is 1. The van der Waals surface area contributed by atoms with Crippen molar-refractivity contribution in [3.8, 4) is 22.8 Å². The molecule has 0 fully saturated rings. The smallest absolute Gasteiger partial charge is 0.152 e. The Bertz CT molecular complexity index is 510. The number of hydrogen-bond donors (Lipinski definition) is 0. The Kier molecular flexibility index (Phi) is 3.54. The molecule has 2 rings (SSSR count). The van der Waals surface area contributed by atoms with Crippen molar-refractivity contribution in [2.24, 2.45) is 0 Å². The minimum absolute atomic E-state index is 0.297. The van der Waals surface area contributed by atoms with Crippen LogP contribution >= 0.6 is 11.6 Å². The number of rotatable bonds is 4. The molecule has 4 nitrogen and oxygen atoms in total. The number of nitrogens with zero attached hydrogens (tertiary/aromatic N) is 1. The summed E-state index contributed by atoms with van der Waals surface area (Å²) in [6.07, 6.45) is 0. The topological polar surface area (TPSA) is 44.5 Å². The summed E-state index contributed by atoms with van der Waals surface area (Å²) >= 11 is 5.66. The molecular formula is C12H12ClNO3. The number of alkyl halides is 1. The van der Waals surface area contributed by atoms with Gasteiger partial charge in [-0.3, -0.25) is 0 Å². The Labute approximate surface area is 104 Å². The molecule has 0 radical (unpaired) electrons. The highest BCUT2D eigenvalue weighted by Gasteiger charge is 2.12. The fourth-order valence-corrected chi connectivity index (χ4v) is 1.64. The molecule has 2 aromatic rings. The van der Waals surface area contributed by atoms with E-state index in [1.54, 1.807) is 26.4 Å². The lowest BCUT2D eigenvalue weighted by Crippen LogP contribution is -1.90. The van der Waals surface area contributed by atoms with Gasteiger partial charge in [-0.2, -0.15) is 0 Å². The van der Waals surface area contributed by atoms with Gasteiger partial charge < -0.3 is 14.0 Å². The van der Waals surface area contributed by atoms with E-state index in [4.69, 9.17) is 25.6 Å². The van der Waals surface area contributed by atoms with Gasteiger partial charge in [-0.05, 0) is 12.1 Å². The van der Waals surface area contributed by atoms with E-state index in [9.17, 15) is 0 Å². The molecule has 0 unspecified atom stereocenters. The highest BCUT2D eigenvalue weighted by atomic mass is 35.5. The fraction of sp³-hybridized carbons (Fsp3) is 0.250. The molecule has 1 heterocycles. The summed E-state index contributed by atoms with van der Waals surface area (Å²) in [7, 11) is 3.21. The first kappa shape index (κ1) is 11.8. The van der Waals surface area contributed by atoms with Crippen molar-refractivity contribution in [3.05, 3.63) is 30.0 Å².